The molecule has 0 saturated carbocycles. The molecule has 0 aromatic heterocycles. The number of hydrogen-bond acceptors (Lipinski definition) is 5. The molecular weight excluding hydrogens is 406 g/mol. The highest BCUT2D eigenvalue weighted by Gasteiger charge is 2.38. The van der Waals surface area contributed by atoms with Crippen LogP contribution in [0, 0.1) is 0 Å². The van der Waals surface area contributed by atoms with Gasteiger partial charge in [0, 0.05) is 37.8 Å². The zero-order chi connectivity index (χ0) is 21.3. The molecule has 8 nitrogen and oxygen atoms in total. The number of nitrogens with zero attached hydrogens (tertiary/aromatic N) is 2. The third-order valence-electron chi connectivity index (χ3n) is 5.45. The fourth-order valence-electron chi connectivity index (χ4n) is 3.86. The van der Waals surface area contributed by atoms with Crippen LogP contribution < -0.4 is 10.2 Å². The van der Waals surface area contributed by atoms with Crippen LogP contribution in [0.15, 0.2) is 53.4 Å². The van der Waals surface area contributed by atoms with Gasteiger partial charge in [0.05, 0.1) is 18.1 Å². The highest BCUT2D eigenvalue weighted by Crippen LogP contribution is 2.33. The molecule has 1 fully saturated rings. The van der Waals surface area contributed by atoms with Crippen LogP contribution in [0.5, 0.6) is 0 Å². The number of likely N-dealkylation sites (N-methyl/N-ethyl adjacent to an activating group) is 1. The predicted molar refractivity (Wildman–Crippen MR) is 111 cm³/mol. The zero-order valence-electron chi connectivity index (χ0n) is 16.6. The average molecular weight is 429 g/mol. The molecule has 2 amide bonds. The molecule has 2 aliphatic heterocycles. The van der Waals surface area contributed by atoms with Gasteiger partial charge in [-0.05, 0) is 35.9 Å². The first-order valence-electron chi connectivity index (χ1n) is 9.74. The van der Waals surface area contributed by atoms with Gasteiger partial charge in [-0.15, -0.1) is 0 Å². The van der Waals surface area contributed by atoms with Gasteiger partial charge in [0.2, 0.25) is 15.9 Å². The quantitative estimate of drug-likeness (QED) is 0.783. The maximum atomic E-state index is 13.3. The van der Waals surface area contributed by atoms with Gasteiger partial charge in [0.15, 0.2) is 0 Å². The van der Waals surface area contributed by atoms with E-state index in [9.17, 15) is 18.0 Å². The minimum absolute atomic E-state index is 0.130. The number of para-hydroxylation sites is 1. The Morgan fingerprint density at radius 1 is 1.03 bits per heavy atom. The van der Waals surface area contributed by atoms with E-state index in [4.69, 9.17) is 4.74 Å². The number of rotatable bonds is 4. The van der Waals surface area contributed by atoms with Gasteiger partial charge in [-0.1, -0.05) is 18.2 Å². The van der Waals surface area contributed by atoms with E-state index in [0.717, 1.165) is 5.56 Å². The van der Waals surface area contributed by atoms with Crippen molar-refractivity contribution in [2.24, 2.45) is 0 Å². The normalized spacial score (nSPS) is 19.4. The number of morpholine rings is 1. The number of fused-ring (bicyclic) bond motifs is 1. The summed E-state index contributed by atoms with van der Waals surface area (Å²) in [6.45, 7) is 1.35. The maximum absolute atomic E-state index is 13.3. The second-order valence-corrected chi connectivity index (χ2v) is 9.12. The molecule has 4 rings (SSSR count). The van der Waals surface area contributed by atoms with Crippen LogP contribution in [-0.2, 0) is 26.0 Å². The molecule has 2 heterocycles. The van der Waals surface area contributed by atoms with Gasteiger partial charge in [0.1, 0.15) is 6.04 Å². The summed E-state index contributed by atoms with van der Waals surface area (Å²) in [7, 11) is -2.10. The molecule has 30 heavy (non-hydrogen) atoms. The summed E-state index contributed by atoms with van der Waals surface area (Å²) in [5, 5.41) is 2.62. The van der Waals surface area contributed by atoms with Gasteiger partial charge in [-0.3, -0.25) is 14.5 Å². The van der Waals surface area contributed by atoms with Gasteiger partial charge in [-0.2, -0.15) is 4.31 Å². The molecule has 2 aromatic carbocycles. The van der Waals surface area contributed by atoms with E-state index in [2.05, 4.69) is 5.32 Å². The summed E-state index contributed by atoms with van der Waals surface area (Å²) in [6, 6.07) is 12.6. The van der Waals surface area contributed by atoms with E-state index in [1.165, 1.54) is 33.5 Å². The topological polar surface area (TPSA) is 96.0 Å². The molecule has 1 atom stereocenters. The van der Waals surface area contributed by atoms with Crippen molar-refractivity contribution in [2.45, 2.75) is 17.4 Å². The van der Waals surface area contributed by atoms with Crippen molar-refractivity contribution in [3.05, 3.63) is 59.7 Å². The first kappa shape index (κ1) is 20.5. The second kappa shape index (κ2) is 8.17. The minimum atomic E-state index is -3.64. The third-order valence-corrected chi connectivity index (χ3v) is 7.37. The fraction of sp³-hybridized carbons (Fsp3) is 0.333. The number of sulfonamides is 1. The molecule has 0 bridgehead atoms. The Kier molecular flexibility index (Phi) is 5.59. The first-order chi connectivity index (χ1) is 14.4. The molecule has 1 N–H and O–H groups in total. The lowest BCUT2D eigenvalue weighted by atomic mass is 10.1. The summed E-state index contributed by atoms with van der Waals surface area (Å²) >= 11 is 0. The van der Waals surface area contributed by atoms with E-state index in [1.54, 1.807) is 7.05 Å². The van der Waals surface area contributed by atoms with Crippen molar-refractivity contribution in [2.75, 3.05) is 38.3 Å². The van der Waals surface area contributed by atoms with Gasteiger partial charge in [-0.25, -0.2) is 8.42 Å². The van der Waals surface area contributed by atoms with Crippen molar-refractivity contribution in [1.82, 2.24) is 9.62 Å². The number of ether oxygens (including phenoxy) is 1. The number of benzene rings is 2. The van der Waals surface area contributed by atoms with E-state index < -0.39 is 16.1 Å². The Bertz CT molecular complexity index is 1060. The van der Waals surface area contributed by atoms with Crippen LogP contribution in [0.3, 0.4) is 0 Å². The first-order valence-corrected chi connectivity index (χ1v) is 11.2. The predicted octanol–water partition coefficient (Wildman–Crippen LogP) is 1.03. The summed E-state index contributed by atoms with van der Waals surface area (Å²) in [5.74, 6) is -0.588. The number of anilines is 1. The number of carbonyl (C=O) groups is 2. The van der Waals surface area contributed by atoms with Crippen molar-refractivity contribution >= 4 is 27.5 Å². The largest absolute Gasteiger partial charge is 0.379 e. The second-order valence-electron chi connectivity index (χ2n) is 7.18. The Morgan fingerprint density at radius 3 is 2.37 bits per heavy atom. The van der Waals surface area contributed by atoms with E-state index in [-0.39, 0.29) is 16.7 Å². The minimum Gasteiger partial charge on any atom is -0.379 e. The molecule has 0 spiro atoms. The molecular formula is C21H23N3O5S. The van der Waals surface area contributed by atoms with E-state index in [0.29, 0.717) is 44.0 Å². The summed E-state index contributed by atoms with van der Waals surface area (Å²) < 4.78 is 32.2. The fourth-order valence-corrected chi connectivity index (χ4v) is 5.27. The summed E-state index contributed by atoms with van der Waals surface area (Å²) in [6.07, 6.45) is 0.436. The number of amides is 2. The third kappa shape index (κ3) is 3.60. The molecule has 1 saturated heterocycles. The smallest absolute Gasteiger partial charge is 0.259 e. The standard InChI is InChI=1S/C21H23N3O5S/c1-22-20(25)19-14-16-4-2-3-5-18(16)24(19)21(26)15-6-8-17(9-7-15)30(27,28)23-10-12-29-13-11-23/h2-9,19H,10-14H2,1H3,(H,22,25). The lowest BCUT2D eigenvalue weighted by Crippen LogP contribution is -2.47. The highest BCUT2D eigenvalue weighted by molar-refractivity contribution is 7.89. The van der Waals surface area contributed by atoms with Crippen LogP contribution in [0.25, 0.3) is 0 Å². The molecule has 158 valence electrons. The van der Waals surface area contributed by atoms with Crippen molar-refractivity contribution < 1.29 is 22.7 Å². The molecule has 1 unspecified atom stereocenters. The Labute approximate surface area is 175 Å². The molecule has 0 radical (unpaired) electrons. The molecule has 9 heteroatoms. The zero-order valence-corrected chi connectivity index (χ0v) is 17.4. The van der Waals surface area contributed by atoms with Crippen LogP contribution in [0.4, 0.5) is 5.69 Å². The Morgan fingerprint density at radius 2 is 1.70 bits per heavy atom. The molecule has 2 aliphatic rings. The number of hydrogen-bond donors (Lipinski definition) is 1. The van der Waals surface area contributed by atoms with Gasteiger partial charge < -0.3 is 10.1 Å². The number of carbonyl (C=O) groups excluding carboxylic acids is 2. The van der Waals surface area contributed by atoms with Gasteiger partial charge >= 0.3 is 0 Å². The van der Waals surface area contributed by atoms with Crippen LogP contribution in [0.2, 0.25) is 0 Å². The maximum Gasteiger partial charge on any atom is 0.259 e. The van der Waals surface area contributed by atoms with Crippen LogP contribution in [0.1, 0.15) is 15.9 Å². The van der Waals surface area contributed by atoms with E-state index in [1.807, 2.05) is 24.3 Å². The highest BCUT2D eigenvalue weighted by atomic mass is 32.2. The summed E-state index contributed by atoms with van der Waals surface area (Å²) in [5.41, 5.74) is 1.94. The van der Waals surface area contributed by atoms with Crippen LogP contribution in [-0.4, -0.2) is 63.9 Å². The van der Waals surface area contributed by atoms with Gasteiger partial charge in [0.25, 0.3) is 5.91 Å². The Hall–Kier alpha value is -2.75. The number of nitrogens with one attached hydrogen (secondary N) is 1. The van der Waals surface area contributed by atoms with Crippen molar-refractivity contribution in [3.63, 3.8) is 0 Å². The average Bonchev–Trinajstić information content (AvgIpc) is 3.18. The lowest BCUT2D eigenvalue weighted by Gasteiger charge is -2.26. The van der Waals surface area contributed by atoms with E-state index >= 15 is 0 Å². The summed E-state index contributed by atoms with van der Waals surface area (Å²) in [4.78, 5) is 27.3. The molecule has 2 aromatic rings. The van der Waals surface area contributed by atoms with Crippen LogP contribution >= 0.6 is 0 Å². The Balaban J connectivity index is 1.62. The van der Waals surface area contributed by atoms with Crippen molar-refractivity contribution in [1.29, 1.82) is 0 Å². The molecule has 0 aliphatic carbocycles. The van der Waals surface area contributed by atoms with Crippen molar-refractivity contribution in [3.8, 4) is 0 Å². The lowest BCUT2D eigenvalue weighted by molar-refractivity contribution is -0.121. The monoisotopic (exact) mass is 429 g/mol. The SMILES string of the molecule is CNC(=O)C1Cc2ccccc2N1C(=O)c1ccc(S(=O)(=O)N2CCOCC2)cc1.